The normalized spacial score (nSPS) is 15.5. The molecule has 1 aromatic carbocycles. The Hall–Kier alpha value is -1.30. The summed E-state index contributed by atoms with van der Waals surface area (Å²) in [5.74, 6) is 0. The zero-order chi connectivity index (χ0) is 11.4. The molecule has 0 radical (unpaired) electrons. The van der Waals surface area contributed by atoms with E-state index in [1.807, 2.05) is 0 Å². The molecule has 1 aromatic rings. The predicted octanol–water partition coefficient (Wildman–Crippen LogP) is 4.68. The monoisotopic (exact) mass is 212 g/mol. The molecule has 0 saturated carbocycles. The van der Waals surface area contributed by atoms with Crippen LogP contribution in [0.4, 0.5) is 0 Å². The van der Waals surface area contributed by atoms with Crippen LogP contribution in [-0.2, 0) is 6.42 Å². The van der Waals surface area contributed by atoms with Gasteiger partial charge >= 0.3 is 0 Å². The first-order valence-corrected chi connectivity index (χ1v) is 6.21. The largest absolute Gasteiger partial charge is 0.0661 e. The Morgan fingerprint density at radius 3 is 2.44 bits per heavy atom. The molecule has 0 N–H and O–H groups in total. The minimum absolute atomic E-state index is 1.18. The van der Waals surface area contributed by atoms with Crippen LogP contribution in [0.3, 0.4) is 0 Å². The molecule has 84 valence electrons. The van der Waals surface area contributed by atoms with Gasteiger partial charge in [0.1, 0.15) is 0 Å². The van der Waals surface area contributed by atoms with Crippen LogP contribution >= 0.6 is 0 Å². The Morgan fingerprint density at radius 2 is 1.81 bits per heavy atom. The Morgan fingerprint density at radius 1 is 1.06 bits per heavy atom. The van der Waals surface area contributed by atoms with Crippen LogP contribution in [-0.4, -0.2) is 0 Å². The van der Waals surface area contributed by atoms with E-state index < -0.39 is 0 Å². The first-order chi connectivity index (χ1) is 7.79. The van der Waals surface area contributed by atoms with Gasteiger partial charge in [-0.3, -0.25) is 0 Å². The maximum Gasteiger partial charge on any atom is -0.0102 e. The van der Waals surface area contributed by atoms with Gasteiger partial charge in [0, 0.05) is 0 Å². The summed E-state index contributed by atoms with van der Waals surface area (Å²) in [6, 6.07) is 10.8. The first-order valence-electron chi connectivity index (χ1n) is 6.21. The van der Waals surface area contributed by atoms with Crippen molar-refractivity contribution in [3.8, 4) is 0 Å². The number of rotatable bonds is 4. The quantitative estimate of drug-likeness (QED) is 0.680. The second-order valence-corrected chi connectivity index (χ2v) is 4.62. The molecule has 0 heterocycles. The molecule has 0 atom stereocenters. The summed E-state index contributed by atoms with van der Waals surface area (Å²) in [6.45, 7) is 4.51. The molecule has 0 unspecified atom stereocenters. The molecule has 0 nitrogen and oxygen atoms in total. The van der Waals surface area contributed by atoms with Crippen molar-refractivity contribution in [2.75, 3.05) is 0 Å². The summed E-state index contributed by atoms with van der Waals surface area (Å²) in [6.07, 6.45) is 7.19. The molecule has 0 amide bonds. The summed E-state index contributed by atoms with van der Waals surface area (Å²) in [5, 5.41) is 0. The third-order valence-electron chi connectivity index (χ3n) is 3.38. The Kier molecular flexibility index (Phi) is 3.61. The Balaban J connectivity index is 1.90. The highest BCUT2D eigenvalue weighted by Crippen LogP contribution is 2.29. The standard InChI is InChI=1S/C16H20/c1-3-16-12-15(11-13(16)2)10-9-14-7-5-4-6-8-14/h4-8,12H,3,9-11H2,1-2H3. The molecular formula is C16H20. The fraction of sp³-hybridized carbons (Fsp3) is 0.375. The van der Waals surface area contributed by atoms with Crippen LogP contribution in [0.2, 0.25) is 0 Å². The zero-order valence-electron chi connectivity index (χ0n) is 10.3. The maximum absolute atomic E-state index is 2.41. The lowest BCUT2D eigenvalue weighted by Gasteiger charge is -2.02. The number of hydrogen-bond donors (Lipinski definition) is 0. The van der Waals surface area contributed by atoms with Gasteiger partial charge in [0.15, 0.2) is 0 Å². The molecule has 0 aliphatic heterocycles. The summed E-state index contributed by atoms with van der Waals surface area (Å²) >= 11 is 0. The van der Waals surface area contributed by atoms with E-state index in [1.165, 1.54) is 31.2 Å². The fourth-order valence-electron chi connectivity index (χ4n) is 2.39. The van der Waals surface area contributed by atoms with Crippen molar-refractivity contribution in [1.82, 2.24) is 0 Å². The summed E-state index contributed by atoms with van der Waals surface area (Å²) in [4.78, 5) is 0. The average molecular weight is 212 g/mol. The highest BCUT2D eigenvalue weighted by atomic mass is 14.2. The lowest BCUT2D eigenvalue weighted by Crippen LogP contribution is -1.87. The second kappa shape index (κ2) is 5.16. The van der Waals surface area contributed by atoms with Crippen LogP contribution in [0.25, 0.3) is 0 Å². The summed E-state index contributed by atoms with van der Waals surface area (Å²) in [5.41, 5.74) is 6.19. The third kappa shape index (κ3) is 2.63. The van der Waals surface area contributed by atoms with Crippen LogP contribution in [0.1, 0.15) is 38.7 Å². The second-order valence-electron chi connectivity index (χ2n) is 4.62. The SMILES string of the molecule is CCC1=C(C)CC(CCc2ccccc2)=C1. The Bertz CT molecular complexity index is 407. The van der Waals surface area contributed by atoms with E-state index in [1.54, 1.807) is 16.7 Å². The molecule has 0 spiro atoms. The van der Waals surface area contributed by atoms with Crippen LogP contribution in [0.5, 0.6) is 0 Å². The van der Waals surface area contributed by atoms with E-state index in [0.29, 0.717) is 0 Å². The van der Waals surface area contributed by atoms with Crippen molar-refractivity contribution in [3.05, 3.63) is 58.7 Å². The van der Waals surface area contributed by atoms with Crippen molar-refractivity contribution in [2.45, 2.75) is 39.5 Å². The van der Waals surface area contributed by atoms with Crippen LogP contribution < -0.4 is 0 Å². The van der Waals surface area contributed by atoms with E-state index >= 15 is 0 Å². The lowest BCUT2D eigenvalue weighted by molar-refractivity contribution is 0.906. The van der Waals surface area contributed by atoms with Gasteiger partial charge in [0.05, 0.1) is 0 Å². The van der Waals surface area contributed by atoms with E-state index in [-0.39, 0.29) is 0 Å². The van der Waals surface area contributed by atoms with Crippen LogP contribution in [0.15, 0.2) is 53.1 Å². The highest BCUT2D eigenvalue weighted by molar-refractivity contribution is 5.38. The minimum atomic E-state index is 1.18. The fourth-order valence-corrected chi connectivity index (χ4v) is 2.39. The van der Waals surface area contributed by atoms with Crippen molar-refractivity contribution in [3.63, 3.8) is 0 Å². The van der Waals surface area contributed by atoms with Gasteiger partial charge < -0.3 is 0 Å². The maximum atomic E-state index is 2.41. The number of benzene rings is 1. The van der Waals surface area contributed by atoms with E-state index in [4.69, 9.17) is 0 Å². The molecule has 2 rings (SSSR count). The van der Waals surface area contributed by atoms with Crippen molar-refractivity contribution >= 4 is 0 Å². The molecule has 16 heavy (non-hydrogen) atoms. The molecule has 1 aliphatic carbocycles. The number of aryl methyl sites for hydroxylation is 1. The zero-order valence-corrected chi connectivity index (χ0v) is 10.3. The van der Waals surface area contributed by atoms with Gasteiger partial charge in [-0.05, 0) is 43.7 Å². The van der Waals surface area contributed by atoms with Crippen molar-refractivity contribution in [1.29, 1.82) is 0 Å². The van der Waals surface area contributed by atoms with E-state index in [2.05, 4.69) is 50.3 Å². The molecule has 0 saturated heterocycles. The average Bonchev–Trinajstić information content (AvgIpc) is 2.69. The van der Waals surface area contributed by atoms with E-state index in [0.717, 1.165) is 0 Å². The molecule has 0 heteroatoms. The van der Waals surface area contributed by atoms with E-state index in [9.17, 15) is 0 Å². The van der Waals surface area contributed by atoms with Gasteiger partial charge in [-0.15, -0.1) is 0 Å². The molecular weight excluding hydrogens is 192 g/mol. The lowest BCUT2D eigenvalue weighted by atomic mass is 10.0. The molecule has 1 aliphatic rings. The first kappa shape index (κ1) is 11.2. The Labute approximate surface area is 98.7 Å². The van der Waals surface area contributed by atoms with Crippen LogP contribution in [0, 0.1) is 0 Å². The van der Waals surface area contributed by atoms with Gasteiger partial charge in [-0.1, -0.05) is 54.5 Å². The summed E-state index contributed by atoms with van der Waals surface area (Å²) < 4.78 is 0. The minimum Gasteiger partial charge on any atom is -0.0661 e. The predicted molar refractivity (Wildman–Crippen MR) is 70.5 cm³/mol. The van der Waals surface area contributed by atoms with Crippen molar-refractivity contribution < 1.29 is 0 Å². The molecule has 0 aromatic heterocycles. The van der Waals surface area contributed by atoms with Crippen molar-refractivity contribution in [2.24, 2.45) is 0 Å². The van der Waals surface area contributed by atoms with Gasteiger partial charge in [-0.2, -0.15) is 0 Å². The van der Waals surface area contributed by atoms with Gasteiger partial charge in [0.25, 0.3) is 0 Å². The molecule has 0 bridgehead atoms. The molecule has 0 fully saturated rings. The topological polar surface area (TPSA) is 0 Å². The number of hydrogen-bond acceptors (Lipinski definition) is 0. The highest BCUT2D eigenvalue weighted by Gasteiger charge is 2.10. The van der Waals surface area contributed by atoms with Gasteiger partial charge in [0.2, 0.25) is 0 Å². The number of allylic oxidation sites excluding steroid dienone is 4. The van der Waals surface area contributed by atoms with Gasteiger partial charge in [-0.25, -0.2) is 0 Å². The summed E-state index contributed by atoms with van der Waals surface area (Å²) in [7, 11) is 0. The third-order valence-corrected chi connectivity index (χ3v) is 3.38. The smallest absolute Gasteiger partial charge is 0.0102 e.